The monoisotopic (exact) mass is 487 g/mol. The normalized spacial score (nSPS) is 13.3. The maximum absolute atomic E-state index is 12.9. The highest BCUT2D eigenvalue weighted by Crippen LogP contribution is 2.36. The predicted octanol–water partition coefficient (Wildman–Crippen LogP) is 5.50. The zero-order valence-electron chi connectivity index (χ0n) is 21.1. The number of rotatable bonds is 6. The average molecular weight is 488 g/mol. The number of likely N-dealkylation sites (N-methyl/N-ethyl adjacent to an activating group) is 1. The van der Waals surface area contributed by atoms with E-state index in [9.17, 15) is 13.2 Å². The van der Waals surface area contributed by atoms with Gasteiger partial charge in [0, 0.05) is 48.0 Å². The molecule has 3 aromatic rings. The van der Waals surface area contributed by atoms with Crippen molar-refractivity contribution >= 4 is 32.6 Å². The van der Waals surface area contributed by atoms with E-state index in [4.69, 9.17) is 5.11 Å². The lowest BCUT2D eigenvalue weighted by Crippen LogP contribution is -2.32. The molecule has 2 heterocycles. The van der Waals surface area contributed by atoms with Gasteiger partial charge in [0.1, 0.15) is 6.54 Å². The van der Waals surface area contributed by atoms with Gasteiger partial charge in [-0.05, 0) is 55.7 Å². The molecule has 0 saturated carbocycles. The molecule has 0 atom stereocenters. The van der Waals surface area contributed by atoms with Gasteiger partial charge in [-0.15, -0.1) is 0 Å². The minimum atomic E-state index is -3.92. The van der Waals surface area contributed by atoms with Crippen molar-refractivity contribution in [3.05, 3.63) is 48.0 Å². The van der Waals surface area contributed by atoms with Gasteiger partial charge in [-0.3, -0.25) is 4.79 Å². The van der Waals surface area contributed by atoms with Gasteiger partial charge in [-0.25, -0.2) is 8.42 Å². The highest BCUT2D eigenvalue weighted by atomic mass is 32.2. The minimum absolute atomic E-state index is 0.0824. The number of nitrogens with zero attached hydrogens (tertiary/aromatic N) is 2. The number of carboxylic acid groups (broad SMARTS) is 1. The number of fused-ring (bicyclic) bond motifs is 1. The summed E-state index contributed by atoms with van der Waals surface area (Å²) in [5.74, 6) is -1.19. The first-order valence-electron chi connectivity index (χ1n) is 11.9. The number of H-pyrrole nitrogens is 1. The highest BCUT2D eigenvalue weighted by Gasteiger charge is 2.26. The second-order valence-corrected chi connectivity index (χ2v) is 9.85. The Morgan fingerprint density at radius 1 is 1.03 bits per heavy atom. The fourth-order valence-electron chi connectivity index (χ4n) is 3.97. The van der Waals surface area contributed by atoms with Crippen molar-refractivity contribution in [2.75, 3.05) is 31.6 Å². The standard InChI is InChI=1S/C22H25N3O4S.2C2H6/c1-15-5-6-16-12-20(23-19(16)11-15)18-13-17(30(28,29)24(2)14-22(26)27)7-8-21(18)25-9-3-4-10-25;2*1-2/h5-8,11-13,23H,3-4,9-10,14H2,1-2H3,(H,26,27);2*1-2H3. The molecular weight excluding hydrogens is 450 g/mol. The van der Waals surface area contributed by atoms with Crippen molar-refractivity contribution in [2.24, 2.45) is 0 Å². The van der Waals surface area contributed by atoms with Crippen molar-refractivity contribution in [2.45, 2.75) is 52.4 Å². The van der Waals surface area contributed by atoms with Gasteiger partial charge < -0.3 is 15.0 Å². The van der Waals surface area contributed by atoms with Crippen LogP contribution in [0, 0.1) is 6.92 Å². The highest BCUT2D eigenvalue weighted by molar-refractivity contribution is 7.89. The van der Waals surface area contributed by atoms with Crippen LogP contribution in [0.5, 0.6) is 0 Å². The van der Waals surface area contributed by atoms with Crippen LogP contribution in [0.2, 0.25) is 0 Å². The molecule has 1 aromatic heterocycles. The maximum Gasteiger partial charge on any atom is 0.318 e. The van der Waals surface area contributed by atoms with Crippen molar-refractivity contribution in [1.82, 2.24) is 9.29 Å². The molecule has 1 fully saturated rings. The molecule has 2 N–H and O–H groups in total. The molecule has 4 rings (SSSR count). The molecule has 0 spiro atoms. The van der Waals surface area contributed by atoms with Gasteiger partial charge in [-0.2, -0.15) is 4.31 Å². The van der Waals surface area contributed by atoms with Crippen LogP contribution in [0.1, 0.15) is 46.1 Å². The molecule has 1 aliphatic rings. The van der Waals surface area contributed by atoms with Gasteiger partial charge in [0.15, 0.2) is 0 Å². The van der Waals surface area contributed by atoms with Crippen LogP contribution in [-0.2, 0) is 14.8 Å². The summed E-state index contributed by atoms with van der Waals surface area (Å²) in [5.41, 5.74) is 4.76. The second-order valence-electron chi connectivity index (χ2n) is 7.80. The number of carbonyl (C=O) groups is 1. The van der Waals surface area contributed by atoms with E-state index in [1.165, 1.54) is 7.05 Å². The first-order chi connectivity index (χ1) is 16.3. The lowest BCUT2D eigenvalue weighted by atomic mass is 10.1. The van der Waals surface area contributed by atoms with Crippen LogP contribution in [0.3, 0.4) is 0 Å². The Balaban J connectivity index is 0.000000970. The fraction of sp³-hybridized carbons (Fsp3) is 0.423. The van der Waals surface area contributed by atoms with Gasteiger partial charge in [0.05, 0.1) is 4.90 Å². The number of hydrogen-bond acceptors (Lipinski definition) is 4. The number of aliphatic carboxylic acids is 1. The number of anilines is 1. The third-order valence-corrected chi connectivity index (χ3v) is 7.35. The first kappa shape index (κ1) is 27.4. The van der Waals surface area contributed by atoms with Crippen LogP contribution in [0.4, 0.5) is 5.69 Å². The van der Waals surface area contributed by atoms with Crippen LogP contribution in [-0.4, -0.2) is 55.5 Å². The number of hydrogen-bond donors (Lipinski definition) is 2. The number of aryl methyl sites for hydroxylation is 1. The minimum Gasteiger partial charge on any atom is -0.480 e. The molecule has 0 bridgehead atoms. The summed E-state index contributed by atoms with van der Waals surface area (Å²) in [5, 5.41) is 10.1. The molecule has 0 radical (unpaired) electrons. The Morgan fingerprint density at radius 3 is 2.29 bits per heavy atom. The zero-order valence-corrected chi connectivity index (χ0v) is 21.9. The Hall–Kier alpha value is -2.84. The van der Waals surface area contributed by atoms with Crippen LogP contribution in [0.25, 0.3) is 22.2 Å². The van der Waals surface area contributed by atoms with E-state index in [1.54, 1.807) is 12.1 Å². The molecule has 8 heteroatoms. The molecule has 0 amide bonds. The summed E-state index contributed by atoms with van der Waals surface area (Å²) in [6.45, 7) is 11.3. The third-order valence-electron chi connectivity index (χ3n) is 5.55. The quantitative estimate of drug-likeness (QED) is 0.479. The van der Waals surface area contributed by atoms with Crippen molar-refractivity contribution in [1.29, 1.82) is 0 Å². The topological polar surface area (TPSA) is 93.7 Å². The predicted molar refractivity (Wildman–Crippen MR) is 140 cm³/mol. The van der Waals surface area contributed by atoms with Crippen LogP contribution < -0.4 is 4.90 Å². The summed E-state index contributed by atoms with van der Waals surface area (Å²) in [4.78, 5) is 16.8. The van der Waals surface area contributed by atoms with Gasteiger partial charge in [0.2, 0.25) is 10.0 Å². The van der Waals surface area contributed by atoms with Crippen molar-refractivity contribution in [3.8, 4) is 11.3 Å². The van der Waals surface area contributed by atoms with E-state index < -0.39 is 22.5 Å². The van der Waals surface area contributed by atoms with E-state index in [2.05, 4.69) is 16.0 Å². The summed E-state index contributed by atoms with van der Waals surface area (Å²) in [7, 11) is -2.64. The lowest BCUT2D eigenvalue weighted by molar-refractivity contribution is -0.137. The van der Waals surface area contributed by atoms with Crippen molar-refractivity contribution < 1.29 is 18.3 Å². The fourth-order valence-corrected chi connectivity index (χ4v) is 5.11. The number of carboxylic acids is 1. The summed E-state index contributed by atoms with van der Waals surface area (Å²) >= 11 is 0. The molecule has 0 unspecified atom stereocenters. The molecule has 7 nitrogen and oxygen atoms in total. The molecule has 1 saturated heterocycles. The third kappa shape index (κ3) is 5.98. The van der Waals surface area contributed by atoms with Crippen LogP contribution >= 0.6 is 0 Å². The number of nitrogens with one attached hydrogen (secondary N) is 1. The molecule has 2 aromatic carbocycles. The maximum atomic E-state index is 12.9. The van der Waals surface area contributed by atoms with Crippen molar-refractivity contribution in [3.63, 3.8) is 0 Å². The molecular formula is C26H37N3O4S. The zero-order chi connectivity index (χ0) is 25.5. The Kier molecular flexibility index (Phi) is 9.70. The SMILES string of the molecule is CC.CC.Cc1ccc2cc(-c3cc(S(=O)(=O)N(C)CC(=O)O)ccc3N3CCCC3)[nH]c2c1. The Morgan fingerprint density at radius 2 is 1.68 bits per heavy atom. The van der Waals surface area contributed by atoms with E-state index in [0.717, 1.165) is 63.6 Å². The van der Waals surface area contributed by atoms with Gasteiger partial charge in [-0.1, -0.05) is 39.8 Å². The van der Waals surface area contributed by atoms with Gasteiger partial charge >= 0.3 is 5.97 Å². The molecule has 0 aliphatic carbocycles. The lowest BCUT2D eigenvalue weighted by Gasteiger charge is -2.23. The Bertz CT molecular complexity index is 1210. The summed E-state index contributed by atoms with van der Waals surface area (Å²) in [6.07, 6.45) is 2.21. The largest absolute Gasteiger partial charge is 0.480 e. The number of sulfonamides is 1. The van der Waals surface area contributed by atoms with E-state index in [1.807, 2.05) is 58.9 Å². The molecule has 1 aliphatic heterocycles. The molecule has 34 heavy (non-hydrogen) atoms. The molecule has 186 valence electrons. The number of aromatic amines is 1. The van der Waals surface area contributed by atoms with Gasteiger partial charge in [0.25, 0.3) is 0 Å². The smallest absolute Gasteiger partial charge is 0.318 e. The van der Waals surface area contributed by atoms with E-state index >= 15 is 0 Å². The average Bonchev–Trinajstić information content (AvgIpc) is 3.51. The summed E-state index contributed by atoms with van der Waals surface area (Å²) in [6, 6.07) is 13.2. The Labute approximate surface area is 203 Å². The summed E-state index contributed by atoms with van der Waals surface area (Å²) < 4.78 is 26.7. The number of benzene rings is 2. The van der Waals surface area contributed by atoms with Crippen LogP contribution in [0.15, 0.2) is 47.4 Å². The van der Waals surface area contributed by atoms with E-state index in [-0.39, 0.29) is 4.90 Å². The first-order valence-corrected chi connectivity index (χ1v) is 13.4. The van der Waals surface area contributed by atoms with E-state index in [0.29, 0.717) is 0 Å². The second kappa shape index (κ2) is 12.0. The number of aromatic nitrogens is 1.